The number of likely N-dealkylation sites (tertiary alicyclic amines) is 2. The van der Waals surface area contributed by atoms with Crippen LogP contribution in [0.3, 0.4) is 0 Å². The molecule has 0 unspecified atom stereocenters. The van der Waals surface area contributed by atoms with E-state index in [-0.39, 0.29) is 52.9 Å². The van der Waals surface area contributed by atoms with Crippen molar-refractivity contribution in [3.05, 3.63) is 191 Å². The zero-order chi connectivity index (χ0) is 85.6. The molecule has 636 valence electrons. The van der Waals surface area contributed by atoms with Crippen LogP contribution in [0, 0.1) is 40.3 Å². The number of nitrogens with one attached hydrogen (secondary N) is 4. The van der Waals surface area contributed by atoms with Gasteiger partial charge < -0.3 is 68.9 Å². The summed E-state index contributed by atoms with van der Waals surface area (Å²) in [5.74, 6) is 3.07. The number of halogens is 6. The van der Waals surface area contributed by atoms with E-state index < -0.39 is 27.7 Å². The summed E-state index contributed by atoms with van der Waals surface area (Å²) in [6.45, 7) is 17.6. The van der Waals surface area contributed by atoms with Crippen LogP contribution >= 0.6 is 108 Å². The number of thiophene rings is 5. The summed E-state index contributed by atoms with van der Waals surface area (Å²) in [6.07, 6.45) is 12.0. The molecule has 0 atom stereocenters. The van der Waals surface area contributed by atoms with Crippen molar-refractivity contribution in [2.75, 3.05) is 105 Å². The molecule has 3 aliphatic rings. The molecule has 24 nitrogen and oxygen atoms in total. The number of aliphatic hydroxyl groups excluding tert-OH is 1. The van der Waals surface area contributed by atoms with Crippen LogP contribution < -0.4 is 40.6 Å². The number of benzene rings is 2. The summed E-state index contributed by atoms with van der Waals surface area (Å²) in [6, 6.07) is 23.4. The minimum absolute atomic E-state index is 0.0102. The van der Waals surface area contributed by atoms with Crippen LogP contribution in [0.1, 0.15) is 138 Å². The van der Waals surface area contributed by atoms with Gasteiger partial charge in [0, 0.05) is 82.6 Å². The van der Waals surface area contributed by atoms with E-state index in [2.05, 4.69) is 61.6 Å². The molecule has 10 heterocycles. The lowest BCUT2D eigenvalue weighted by molar-refractivity contribution is -0.104. The Morgan fingerprint density at radius 3 is 1.63 bits per heavy atom. The van der Waals surface area contributed by atoms with E-state index in [1.807, 2.05) is 115 Å². The predicted octanol–water partition coefficient (Wildman–Crippen LogP) is 18.6. The first-order valence-corrected chi connectivity index (χ1v) is 43.1. The van der Waals surface area contributed by atoms with Crippen LogP contribution in [0.15, 0.2) is 127 Å². The van der Waals surface area contributed by atoms with Crippen molar-refractivity contribution in [2.45, 2.75) is 117 Å². The van der Waals surface area contributed by atoms with E-state index in [4.69, 9.17) is 62.1 Å². The number of thiocarbonyl (C=S) groups is 1. The van der Waals surface area contributed by atoms with Gasteiger partial charge in [0.1, 0.15) is 45.0 Å². The summed E-state index contributed by atoms with van der Waals surface area (Å²) >= 11 is 21.3. The summed E-state index contributed by atoms with van der Waals surface area (Å²) in [4.78, 5) is 79.8. The minimum Gasteiger partial charge on any atom is -0.491 e. The maximum atomic E-state index is 13.1. The standard InChI is InChI=1S/C19H29N3O3S.C19H30N2O3.C11H16FNS.C7H9BrO2S.C5H5ClN2O.C5H5FOS.2C5H3FOS.C3H2N2O2S/c1-19(2,3)25-18(23)22-11-9-14(10-12-22)13-24-16-8-6-5-7-15(16)21-17(26)20-4;1-19(2,3)24-18(22)21-12-10-15(11-13-21)14-23-17-9-7-6-8-16(17)20(4)5;12-10-5-8-14-11(10)2-1-9-3-6-13-7-4-9;1-9-7(10-2)6-5(8)3-4-11-6;1-9-5-3-7-2-4(6)8-5;2*6-4-1-2-8-5(4)3-7;6-5-4(3-7)1-2-8-5;6-1-2-3(7)5-8-4-2/h5-8,14H,9-13H2,1-4H3,(H2,20,21,26);6-9,15H,10-14H2,1-5H3;5,8-9,13H,1-4,6-7H2;3-4,7H,1-2H3;2-3H,1H3;1-2,7H,3H2;2*1-3H;1H,(H,5,7). The van der Waals surface area contributed by atoms with E-state index >= 15 is 0 Å². The van der Waals surface area contributed by atoms with E-state index in [0.29, 0.717) is 78.0 Å². The lowest BCUT2D eigenvalue weighted by atomic mass is 9.93. The number of ether oxygens (including phenoxy) is 7. The van der Waals surface area contributed by atoms with Crippen molar-refractivity contribution >= 4 is 156 Å². The average Bonchev–Trinajstić information content (AvgIpc) is 1.54. The smallest absolute Gasteiger partial charge is 0.410 e. The fraction of sp³-hybridized carbons (Fsp3) is 0.443. The number of carbonyl (C=O) groups is 5. The van der Waals surface area contributed by atoms with Gasteiger partial charge in [-0.2, -0.15) is 13.7 Å². The number of aryl methyl sites for hydroxylation is 1. The molecule has 3 aliphatic heterocycles. The van der Waals surface area contributed by atoms with Crippen molar-refractivity contribution in [1.82, 2.24) is 39.1 Å². The Morgan fingerprint density at radius 1 is 0.698 bits per heavy atom. The van der Waals surface area contributed by atoms with E-state index in [1.54, 1.807) is 75.9 Å². The molecule has 37 heteroatoms. The van der Waals surface area contributed by atoms with Gasteiger partial charge in [-0.1, -0.05) is 35.9 Å². The molecule has 0 spiro atoms. The molecule has 7 aromatic heterocycles. The van der Waals surface area contributed by atoms with Crippen LogP contribution in [0.25, 0.3) is 0 Å². The zero-order valence-corrected chi connectivity index (χ0v) is 74.7. The van der Waals surface area contributed by atoms with Crippen molar-refractivity contribution in [1.29, 1.82) is 0 Å². The number of aliphatic hydroxyl groups is 1. The largest absolute Gasteiger partial charge is 0.491 e. The van der Waals surface area contributed by atoms with Gasteiger partial charge in [-0.3, -0.25) is 28.5 Å². The number of amides is 2. The maximum Gasteiger partial charge on any atom is 0.410 e. The number of carbonyl (C=O) groups excluding carboxylic acids is 5. The molecule has 2 aromatic carbocycles. The first-order chi connectivity index (χ1) is 55.4. The second-order valence-corrected chi connectivity index (χ2v) is 34.2. The summed E-state index contributed by atoms with van der Waals surface area (Å²) < 4.78 is 94.1. The summed E-state index contributed by atoms with van der Waals surface area (Å²) in [7, 11) is 10.6. The number of hydrogen-bond acceptors (Lipinski definition) is 26. The van der Waals surface area contributed by atoms with Gasteiger partial charge in [0.25, 0.3) is 5.56 Å². The van der Waals surface area contributed by atoms with Crippen LogP contribution in [0.2, 0.25) is 5.15 Å². The average molecular weight is 1830 g/mol. The number of aldehydes is 3. The number of piperidine rings is 3. The Hall–Kier alpha value is -7.85. The number of H-pyrrole nitrogens is 1. The van der Waals surface area contributed by atoms with Crippen LogP contribution in [-0.2, 0) is 32.0 Å². The molecular formula is C79H102BrClF4N10O14S7. The van der Waals surface area contributed by atoms with Gasteiger partial charge in [-0.15, -0.1) is 56.7 Å². The van der Waals surface area contributed by atoms with Crippen molar-refractivity contribution < 1.29 is 79.8 Å². The molecule has 3 saturated heterocycles. The second-order valence-electron chi connectivity index (χ2n) is 27.2. The molecule has 9 aromatic rings. The topological polar surface area (TPSA) is 288 Å². The van der Waals surface area contributed by atoms with Gasteiger partial charge in [0.2, 0.25) is 5.88 Å². The Bertz CT molecular complexity index is 4310. The van der Waals surface area contributed by atoms with Crippen molar-refractivity contribution in [3.63, 3.8) is 0 Å². The molecule has 12 rings (SSSR count). The first kappa shape index (κ1) is 101. The number of aromatic amines is 1. The molecule has 0 saturated carbocycles. The molecule has 0 radical (unpaired) electrons. The molecular weight excluding hydrogens is 1730 g/mol. The van der Waals surface area contributed by atoms with Crippen molar-refractivity contribution in [2.24, 2.45) is 17.8 Å². The number of anilines is 2. The van der Waals surface area contributed by atoms with E-state index in [9.17, 15) is 46.3 Å². The Balaban J connectivity index is 0.000000287. The number of hydrogen-bond donors (Lipinski definition) is 5. The molecule has 0 aliphatic carbocycles. The minimum atomic E-state index is -0.457. The SMILES string of the molecule is CN(C)c1ccccc1OCC1CCN(C(=O)OC(C)(C)C)CC1.CNC(=S)Nc1ccccc1OCC1CCN(C(=O)OC(C)(C)C)CC1.COC(OC)c1sccc1Br.COc1cncc(Cl)n1.Fc1ccsc1CCC1CCNCC1.O=Cc1ccsc1F.O=Cc1ns[nH]c1=O.O=Cc1sccc1F.OCc1sccc1F. The molecule has 0 bridgehead atoms. The van der Waals surface area contributed by atoms with E-state index in [1.165, 1.54) is 61.9 Å². The van der Waals surface area contributed by atoms with Crippen LogP contribution in [-0.4, -0.2) is 176 Å². The zero-order valence-electron chi connectivity index (χ0n) is 66.7. The number of rotatable bonds is 19. The fourth-order valence-electron chi connectivity index (χ4n) is 10.2. The van der Waals surface area contributed by atoms with Gasteiger partial charge in [0.15, 0.2) is 46.2 Å². The summed E-state index contributed by atoms with van der Waals surface area (Å²) in [5, 5.41) is 26.7. The normalized spacial score (nSPS) is 13.3. The van der Waals surface area contributed by atoms with Gasteiger partial charge in [0.05, 0.1) is 66.0 Å². The molecule has 2 amide bonds. The molecule has 5 N–H and O–H groups in total. The quantitative estimate of drug-likeness (QED) is 0.0218. The number of methoxy groups -OCH3 is 3. The molecule has 3 fully saturated rings. The molecule has 116 heavy (non-hydrogen) atoms. The first-order valence-electron chi connectivity index (χ1n) is 36.4. The van der Waals surface area contributed by atoms with Gasteiger partial charge in [-0.25, -0.2) is 22.8 Å². The fourth-order valence-corrected chi connectivity index (χ4v) is 15.0. The predicted molar refractivity (Wildman–Crippen MR) is 463 cm³/mol. The van der Waals surface area contributed by atoms with Crippen LogP contribution in [0.5, 0.6) is 17.4 Å². The highest BCUT2D eigenvalue weighted by Crippen LogP contribution is 2.33. The van der Waals surface area contributed by atoms with E-state index in [0.717, 1.165) is 142 Å². The third kappa shape index (κ3) is 39.1. The highest BCUT2D eigenvalue weighted by atomic mass is 79.9. The number of para-hydroxylation sites is 4. The van der Waals surface area contributed by atoms with Crippen LogP contribution in [0.4, 0.5) is 38.5 Å². The highest BCUT2D eigenvalue weighted by Gasteiger charge is 2.29. The number of aromatic nitrogens is 4. The Kier molecular flexibility index (Phi) is 47.7. The Morgan fingerprint density at radius 2 is 1.23 bits per heavy atom. The van der Waals surface area contributed by atoms with Gasteiger partial charge >= 0.3 is 12.2 Å². The number of nitrogens with zero attached hydrogens (tertiary/aromatic N) is 6. The summed E-state index contributed by atoms with van der Waals surface area (Å²) in [5.41, 5.74) is 0.728. The maximum absolute atomic E-state index is 13.1. The highest BCUT2D eigenvalue weighted by molar-refractivity contribution is 9.10. The third-order valence-corrected chi connectivity index (χ3v) is 22.5. The lowest BCUT2D eigenvalue weighted by Gasteiger charge is -2.33. The second kappa shape index (κ2) is 55.0. The lowest BCUT2D eigenvalue weighted by Crippen LogP contribution is -2.42. The monoisotopic (exact) mass is 1830 g/mol. The van der Waals surface area contributed by atoms with Crippen molar-refractivity contribution in [3.8, 4) is 17.4 Å². The van der Waals surface area contributed by atoms with Gasteiger partial charge in [-0.05, 0) is 233 Å². The third-order valence-electron chi connectivity index (χ3n) is 16.2. The Labute approximate surface area is 718 Å².